The molecule has 0 radical (unpaired) electrons. The van der Waals surface area contributed by atoms with Crippen LogP contribution in [0.5, 0.6) is 0 Å². The maximum atomic E-state index is 10.4. The summed E-state index contributed by atoms with van der Waals surface area (Å²) in [6.45, 7) is 0.0880. The number of unbranched alkanes of at least 4 members (excludes halogenated alkanes) is 1. The van der Waals surface area contributed by atoms with Crippen LogP contribution in [0.25, 0.3) is 0 Å². The number of hydrogen-bond acceptors (Lipinski definition) is 2. The summed E-state index contributed by atoms with van der Waals surface area (Å²) in [6.07, 6.45) is 1.61. The Bertz CT molecular complexity index is 491. The van der Waals surface area contributed by atoms with Crippen molar-refractivity contribution in [1.82, 2.24) is 0 Å². The third-order valence-corrected chi connectivity index (χ3v) is 6.85. The highest BCUT2D eigenvalue weighted by Gasteiger charge is 2.15. The van der Waals surface area contributed by atoms with Crippen LogP contribution in [0.3, 0.4) is 0 Å². The Kier molecular flexibility index (Phi) is 5.50. The minimum atomic E-state index is -1.24. The second-order valence-electron chi connectivity index (χ2n) is 4.93. The van der Waals surface area contributed by atoms with Gasteiger partial charge in [0.1, 0.15) is 8.80 Å². The van der Waals surface area contributed by atoms with Crippen molar-refractivity contribution in [2.45, 2.75) is 18.9 Å². The summed E-state index contributed by atoms with van der Waals surface area (Å²) in [7, 11) is -1.24. The van der Waals surface area contributed by atoms with Gasteiger partial charge in [-0.15, -0.1) is 0 Å². The lowest BCUT2D eigenvalue weighted by atomic mass is 10.3. The Labute approximate surface area is 121 Å². The standard InChI is InChI=1S/C16H19NO2Si/c18-17(19)13-7-8-14-20(15-9-3-1-4-10-15)16-11-5-2-6-12-16/h1-6,9-12,20H,7-8,13-14H2. The van der Waals surface area contributed by atoms with Gasteiger partial charge in [-0.1, -0.05) is 77.1 Å². The van der Waals surface area contributed by atoms with Gasteiger partial charge < -0.3 is 0 Å². The molecule has 0 bridgehead atoms. The minimum Gasteiger partial charge on any atom is -0.265 e. The van der Waals surface area contributed by atoms with Gasteiger partial charge in [0.25, 0.3) is 0 Å². The first kappa shape index (κ1) is 14.5. The number of benzene rings is 2. The SMILES string of the molecule is O=[N+]([O-])CCCC[SiH](c1ccccc1)c1ccccc1. The Morgan fingerprint density at radius 2 is 1.35 bits per heavy atom. The van der Waals surface area contributed by atoms with Crippen molar-refractivity contribution in [3.63, 3.8) is 0 Å². The van der Waals surface area contributed by atoms with Gasteiger partial charge in [-0.25, -0.2) is 0 Å². The maximum absolute atomic E-state index is 10.4. The van der Waals surface area contributed by atoms with E-state index < -0.39 is 8.80 Å². The van der Waals surface area contributed by atoms with Crippen molar-refractivity contribution in [2.75, 3.05) is 6.54 Å². The molecule has 0 aromatic heterocycles. The number of hydrogen-bond donors (Lipinski definition) is 0. The second kappa shape index (κ2) is 7.60. The fourth-order valence-corrected chi connectivity index (χ4v) is 5.61. The molecule has 0 aliphatic rings. The summed E-state index contributed by atoms with van der Waals surface area (Å²) in [5.41, 5.74) is 0. The molecule has 0 heterocycles. The predicted molar refractivity (Wildman–Crippen MR) is 85.2 cm³/mol. The summed E-state index contributed by atoms with van der Waals surface area (Å²) >= 11 is 0. The van der Waals surface area contributed by atoms with E-state index in [1.54, 1.807) is 0 Å². The van der Waals surface area contributed by atoms with Crippen LogP contribution >= 0.6 is 0 Å². The molecule has 3 nitrogen and oxygen atoms in total. The van der Waals surface area contributed by atoms with Crippen molar-refractivity contribution in [1.29, 1.82) is 0 Å². The molecule has 0 amide bonds. The van der Waals surface area contributed by atoms with Crippen molar-refractivity contribution >= 4 is 19.2 Å². The molecule has 20 heavy (non-hydrogen) atoms. The fourth-order valence-electron chi connectivity index (χ4n) is 2.49. The molecular formula is C16H19NO2Si. The van der Waals surface area contributed by atoms with E-state index in [2.05, 4.69) is 48.5 Å². The van der Waals surface area contributed by atoms with Gasteiger partial charge >= 0.3 is 0 Å². The Morgan fingerprint density at radius 1 is 0.850 bits per heavy atom. The normalized spacial score (nSPS) is 10.7. The van der Waals surface area contributed by atoms with Gasteiger partial charge in [0.15, 0.2) is 0 Å². The first-order valence-corrected chi connectivity index (χ1v) is 8.96. The van der Waals surface area contributed by atoms with Gasteiger partial charge in [0.2, 0.25) is 6.54 Å². The Hall–Kier alpha value is -1.94. The van der Waals surface area contributed by atoms with Crippen LogP contribution < -0.4 is 10.4 Å². The average Bonchev–Trinajstić information content (AvgIpc) is 2.49. The van der Waals surface area contributed by atoms with E-state index in [1.807, 2.05) is 12.1 Å². The molecule has 0 spiro atoms. The van der Waals surface area contributed by atoms with E-state index >= 15 is 0 Å². The van der Waals surface area contributed by atoms with Crippen molar-refractivity contribution in [2.24, 2.45) is 0 Å². The first-order valence-electron chi connectivity index (χ1n) is 6.99. The topological polar surface area (TPSA) is 43.1 Å². The van der Waals surface area contributed by atoms with E-state index in [9.17, 15) is 10.1 Å². The monoisotopic (exact) mass is 285 g/mol. The van der Waals surface area contributed by atoms with E-state index in [0.29, 0.717) is 6.42 Å². The van der Waals surface area contributed by atoms with Gasteiger partial charge in [-0.2, -0.15) is 0 Å². The molecule has 2 rings (SSSR count). The zero-order valence-corrected chi connectivity index (χ0v) is 12.6. The largest absolute Gasteiger partial charge is 0.265 e. The first-order chi connectivity index (χ1) is 9.77. The molecule has 0 saturated heterocycles. The van der Waals surface area contributed by atoms with Crippen LogP contribution in [0, 0.1) is 10.1 Å². The molecule has 0 aliphatic carbocycles. The van der Waals surface area contributed by atoms with Crippen LogP contribution in [-0.4, -0.2) is 20.3 Å². The van der Waals surface area contributed by atoms with Gasteiger partial charge in [-0.3, -0.25) is 10.1 Å². The highest BCUT2D eigenvalue weighted by atomic mass is 28.3. The lowest BCUT2D eigenvalue weighted by Gasteiger charge is -2.16. The lowest BCUT2D eigenvalue weighted by Crippen LogP contribution is -2.41. The van der Waals surface area contributed by atoms with Crippen LogP contribution in [0.1, 0.15) is 12.8 Å². The molecule has 0 saturated carbocycles. The summed E-state index contributed by atoms with van der Waals surface area (Å²) in [5.74, 6) is 0. The molecule has 0 N–H and O–H groups in total. The van der Waals surface area contributed by atoms with Crippen molar-refractivity contribution in [3.8, 4) is 0 Å². The maximum Gasteiger partial charge on any atom is 0.203 e. The van der Waals surface area contributed by atoms with E-state index in [0.717, 1.165) is 12.5 Å². The molecule has 2 aromatic carbocycles. The fraction of sp³-hybridized carbons (Fsp3) is 0.250. The third-order valence-electron chi connectivity index (χ3n) is 3.49. The molecule has 0 unspecified atom stereocenters. The average molecular weight is 285 g/mol. The highest BCUT2D eigenvalue weighted by Crippen LogP contribution is 2.04. The Balaban J connectivity index is 2.07. The van der Waals surface area contributed by atoms with Gasteiger partial charge in [0, 0.05) is 11.3 Å². The quantitative estimate of drug-likeness (QED) is 0.338. The highest BCUT2D eigenvalue weighted by molar-refractivity contribution is 6.85. The van der Waals surface area contributed by atoms with Gasteiger partial charge in [-0.05, 0) is 6.42 Å². The molecule has 4 heteroatoms. The second-order valence-corrected chi connectivity index (χ2v) is 7.94. The molecule has 104 valence electrons. The van der Waals surface area contributed by atoms with Gasteiger partial charge in [0.05, 0.1) is 0 Å². The summed E-state index contributed by atoms with van der Waals surface area (Å²) in [5, 5.41) is 13.2. The van der Waals surface area contributed by atoms with Crippen LogP contribution in [0.4, 0.5) is 0 Å². The summed E-state index contributed by atoms with van der Waals surface area (Å²) in [6, 6.07) is 22.2. The summed E-state index contributed by atoms with van der Waals surface area (Å²) < 4.78 is 0. The molecule has 0 aliphatic heterocycles. The number of nitrogens with zero attached hydrogens (tertiary/aromatic N) is 1. The van der Waals surface area contributed by atoms with Crippen molar-refractivity contribution in [3.05, 3.63) is 70.8 Å². The van der Waals surface area contributed by atoms with Crippen LogP contribution in [0.2, 0.25) is 6.04 Å². The smallest absolute Gasteiger partial charge is 0.203 e. The van der Waals surface area contributed by atoms with Crippen LogP contribution in [0.15, 0.2) is 60.7 Å². The number of nitro groups is 1. The number of rotatable bonds is 7. The zero-order chi connectivity index (χ0) is 14.2. The molecule has 2 aromatic rings. The Morgan fingerprint density at radius 3 is 1.80 bits per heavy atom. The minimum absolute atomic E-state index is 0.0880. The summed E-state index contributed by atoms with van der Waals surface area (Å²) in [4.78, 5) is 10.2. The molecular weight excluding hydrogens is 266 g/mol. The van der Waals surface area contributed by atoms with E-state index in [1.165, 1.54) is 10.4 Å². The van der Waals surface area contributed by atoms with E-state index in [-0.39, 0.29) is 11.5 Å². The van der Waals surface area contributed by atoms with Crippen molar-refractivity contribution < 1.29 is 4.92 Å². The predicted octanol–water partition coefficient (Wildman–Crippen LogP) is 2.08. The van der Waals surface area contributed by atoms with Crippen LogP contribution in [-0.2, 0) is 0 Å². The third kappa shape index (κ3) is 4.31. The zero-order valence-electron chi connectivity index (χ0n) is 11.4. The molecule has 0 atom stereocenters. The molecule has 0 fully saturated rings. The van der Waals surface area contributed by atoms with E-state index in [4.69, 9.17) is 0 Å². The lowest BCUT2D eigenvalue weighted by molar-refractivity contribution is -0.480.